The summed E-state index contributed by atoms with van der Waals surface area (Å²) < 4.78 is 14.8. The Balaban J connectivity index is 1.16. The first-order chi connectivity index (χ1) is 18.5. The van der Waals surface area contributed by atoms with E-state index >= 15 is 0 Å². The van der Waals surface area contributed by atoms with Gasteiger partial charge in [-0.15, -0.1) is 5.10 Å². The molecule has 1 aliphatic carbocycles. The molecule has 2 amide bonds. The van der Waals surface area contributed by atoms with E-state index < -0.39 is 6.04 Å². The molecular formula is C28H34FN7O2. The maximum atomic E-state index is 13.4. The SMILES string of the molecule is CN1CCN(C(=O)C(CCCNC2CC2c2ccc(F)cc2)NC(=O)c2ccc(-n3ccnn3)cc2)CC1. The van der Waals surface area contributed by atoms with Gasteiger partial charge in [0.15, 0.2) is 0 Å². The van der Waals surface area contributed by atoms with Crippen molar-refractivity contribution in [3.63, 3.8) is 0 Å². The minimum atomic E-state index is -0.588. The average molecular weight is 520 g/mol. The minimum absolute atomic E-state index is 0.0266. The highest BCUT2D eigenvalue weighted by Gasteiger charge is 2.37. The van der Waals surface area contributed by atoms with E-state index in [1.165, 1.54) is 12.1 Å². The molecule has 1 saturated carbocycles. The molecule has 0 spiro atoms. The highest BCUT2D eigenvalue weighted by Crippen LogP contribution is 2.40. The molecule has 3 atom stereocenters. The Morgan fingerprint density at radius 1 is 1.05 bits per heavy atom. The number of nitrogens with one attached hydrogen (secondary N) is 2. The van der Waals surface area contributed by atoms with Crippen molar-refractivity contribution in [3.8, 4) is 5.69 Å². The summed E-state index contributed by atoms with van der Waals surface area (Å²) in [6.45, 7) is 3.72. The normalized spacial score (nSPS) is 20.2. The maximum Gasteiger partial charge on any atom is 0.251 e. The first-order valence-corrected chi connectivity index (χ1v) is 13.2. The smallest absolute Gasteiger partial charge is 0.251 e. The Morgan fingerprint density at radius 2 is 1.79 bits per heavy atom. The molecule has 200 valence electrons. The van der Waals surface area contributed by atoms with Crippen molar-refractivity contribution in [3.05, 3.63) is 77.9 Å². The zero-order chi connectivity index (χ0) is 26.5. The molecule has 38 heavy (non-hydrogen) atoms. The lowest BCUT2D eigenvalue weighted by molar-refractivity contribution is -0.135. The van der Waals surface area contributed by atoms with Gasteiger partial charge in [-0.3, -0.25) is 9.59 Å². The topological polar surface area (TPSA) is 95.4 Å². The standard InChI is InChI=1S/C28H34FN7O2/c1-34-15-17-35(18-16-34)28(38)25(3-2-12-30-26-19-24(26)20-4-8-22(29)9-5-20)32-27(37)21-6-10-23(11-7-21)36-14-13-31-33-36/h4-11,13-14,24-26,30H,2-3,12,15-19H2,1H3,(H,32,37). The number of amides is 2. The molecule has 3 aromatic rings. The lowest BCUT2D eigenvalue weighted by atomic mass is 10.1. The number of piperazine rings is 1. The fraction of sp³-hybridized carbons (Fsp3) is 0.429. The van der Waals surface area contributed by atoms with E-state index in [1.54, 1.807) is 41.3 Å². The van der Waals surface area contributed by atoms with Gasteiger partial charge in [-0.25, -0.2) is 9.07 Å². The highest BCUT2D eigenvalue weighted by molar-refractivity contribution is 5.97. The predicted octanol–water partition coefficient (Wildman–Crippen LogP) is 2.20. The van der Waals surface area contributed by atoms with Gasteiger partial charge in [0.1, 0.15) is 11.9 Å². The number of nitrogens with zero attached hydrogens (tertiary/aromatic N) is 5. The first kappa shape index (κ1) is 26.0. The second-order valence-electron chi connectivity index (χ2n) is 10.1. The third-order valence-electron chi connectivity index (χ3n) is 7.40. The van der Waals surface area contributed by atoms with Crippen LogP contribution in [0.5, 0.6) is 0 Å². The van der Waals surface area contributed by atoms with Gasteiger partial charge in [0, 0.05) is 43.7 Å². The molecule has 2 heterocycles. The maximum absolute atomic E-state index is 13.4. The van der Waals surface area contributed by atoms with Crippen LogP contribution >= 0.6 is 0 Å². The number of benzene rings is 2. The van der Waals surface area contributed by atoms with Crippen LogP contribution in [0.4, 0.5) is 4.39 Å². The van der Waals surface area contributed by atoms with Crippen LogP contribution in [-0.4, -0.2) is 88.5 Å². The van der Waals surface area contributed by atoms with Gasteiger partial charge in [-0.05, 0) is 74.8 Å². The van der Waals surface area contributed by atoms with E-state index in [0.29, 0.717) is 37.0 Å². The summed E-state index contributed by atoms with van der Waals surface area (Å²) in [6, 6.07) is 13.5. The molecular weight excluding hydrogens is 485 g/mol. The average Bonchev–Trinajstić information content (AvgIpc) is 3.49. The number of hydrogen-bond donors (Lipinski definition) is 2. The quantitative estimate of drug-likeness (QED) is 0.399. The molecule has 2 aromatic carbocycles. The molecule has 0 bridgehead atoms. The van der Waals surface area contributed by atoms with Crippen LogP contribution in [0.1, 0.15) is 41.1 Å². The Hall–Kier alpha value is -3.63. The Bertz CT molecular complexity index is 1210. The summed E-state index contributed by atoms with van der Waals surface area (Å²) in [6.07, 6.45) is 5.65. The van der Waals surface area contributed by atoms with Crippen LogP contribution in [0, 0.1) is 5.82 Å². The second kappa shape index (κ2) is 11.8. The van der Waals surface area contributed by atoms with Crippen molar-refractivity contribution in [2.75, 3.05) is 39.8 Å². The summed E-state index contributed by atoms with van der Waals surface area (Å²) in [7, 11) is 2.05. The van der Waals surface area contributed by atoms with Crippen LogP contribution in [0.2, 0.25) is 0 Å². The lowest BCUT2D eigenvalue weighted by Gasteiger charge is -2.34. The zero-order valence-corrected chi connectivity index (χ0v) is 21.6. The Labute approximate surface area is 222 Å². The van der Waals surface area contributed by atoms with Crippen molar-refractivity contribution < 1.29 is 14.0 Å². The predicted molar refractivity (Wildman–Crippen MR) is 141 cm³/mol. The molecule has 9 nitrogen and oxygen atoms in total. The minimum Gasteiger partial charge on any atom is -0.340 e. The summed E-state index contributed by atoms with van der Waals surface area (Å²) in [5.41, 5.74) is 2.44. The number of rotatable bonds is 10. The molecule has 1 saturated heterocycles. The number of carbonyl (C=O) groups is 2. The number of aromatic nitrogens is 3. The van der Waals surface area contributed by atoms with E-state index in [1.807, 2.05) is 24.1 Å². The summed E-state index contributed by atoms with van der Waals surface area (Å²) >= 11 is 0. The van der Waals surface area contributed by atoms with Crippen molar-refractivity contribution in [2.45, 2.75) is 37.3 Å². The van der Waals surface area contributed by atoms with Crippen molar-refractivity contribution in [1.29, 1.82) is 0 Å². The van der Waals surface area contributed by atoms with Crippen LogP contribution in [0.15, 0.2) is 60.9 Å². The van der Waals surface area contributed by atoms with Gasteiger partial charge in [-0.2, -0.15) is 0 Å². The largest absolute Gasteiger partial charge is 0.340 e. The van der Waals surface area contributed by atoms with Gasteiger partial charge < -0.3 is 20.4 Å². The molecule has 10 heteroatoms. The van der Waals surface area contributed by atoms with Crippen molar-refractivity contribution in [1.82, 2.24) is 35.4 Å². The molecule has 5 rings (SSSR count). The van der Waals surface area contributed by atoms with Gasteiger partial charge in [0.25, 0.3) is 5.91 Å². The van der Waals surface area contributed by atoms with Crippen LogP contribution < -0.4 is 10.6 Å². The molecule has 2 N–H and O–H groups in total. The summed E-state index contributed by atoms with van der Waals surface area (Å²) in [5.74, 6) is -0.114. The third kappa shape index (κ3) is 6.43. The molecule has 3 unspecified atom stereocenters. The monoisotopic (exact) mass is 519 g/mol. The Kier molecular flexibility index (Phi) is 8.09. The van der Waals surface area contributed by atoms with Crippen LogP contribution in [0.25, 0.3) is 5.69 Å². The number of likely N-dealkylation sites (N-methyl/N-ethyl adjacent to an activating group) is 1. The zero-order valence-electron chi connectivity index (χ0n) is 21.6. The van der Waals surface area contributed by atoms with E-state index in [2.05, 4.69) is 25.8 Å². The number of carbonyl (C=O) groups excluding carboxylic acids is 2. The first-order valence-electron chi connectivity index (χ1n) is 13.2. The van der Waals surface area contributed by atoms with E-state index in [-0.39, 0.29) is 17.6 Å². The fourth-order valence-corrected chi connectivity index (χ4v) is 4.95. The van der Waals surface area contributed by atoms with Crippen LogP contribution in [-0.2, 0) is 4.79 Å². The molecule has 2 aliphatic rings. The van der Waals surface area contributed by atoms with Gasteiger partial charge in [-0.1, -0.05) is 17.3 Å². The van der Waals surface area contributed by atoms with Gasteiger partial charge >= 0.3 is 0 Å². The lowest BCUT2D eigenvalue weighted by Crippen LogP contribution is -2.54. The van der Waals surface area contributed by atoms with Crippen molar-refractivity contribution >= 4 is 11.8 Å². The van der Waals surface area contributed by atoms with Gasteiger partial charge in [0.05, 0.1) is 18.1 Å². The Morgan fingerprint density at radius 3 is 2.47 bits per heavy atom. The highest BCUT2D eigenvalue weighted by atomic mass is 19.1. The molecule has 2 fully saturated rings. The summed E-state index contributed by atoms with van der Waals surface area (Å²) in [4.78, 5) is 30.6. The molecule has 0 radical (unpaired) electrons. The summed E-state index contributed by atoms with van der Waals surface area (Å²) in [5, 5.41) is 14.3. The van der Waals surface area contributed by atoms with Gasteiger partial charge in [0.2, 0.25) is 5.91 Å². The van der Waals surface area contributed by atoms with E-state index in [4.69, 9.17) is 0 Å². The molecule has 1 aromatic heterocycles. The number of halogens is 1. The van der Waals surface area contributed by atoms with Crippen molar-refractivity contribution in [2.24, 2.45) is 0 Å². The third-order valence-corrected chi connectivity index (χ3v) is 7.40. The van der Waals surface area contributed by atoms with E-state index in [0.717, 1.165) is 43.7 Å². The second-order valence-corrected chi connectivity index (χ2v) is 10.1. The fourth-order valence-electron chi connectivity index (χ4n) is 4.95. The number of hydrogen-bond acceptors (Lipinski definition) is 6. The van der Waals surface area contributed by atoms with Crippen LogP contribution in [0.3, 0.4) is 0 Å². The van der Waals surface area contributed by atoms with E-state index in [9.17, 15) is 14.0 Å². The molecule has 1 aliphatic heterocycles.